The molecule has 2 aromatic rings. The van der Waals surface area contributed by atoms with Crippen molar-refractivity contribution in [1.29, 1.82) is 0 Å². The van der Waals surface area contributed by atoms with Gasteiger partial charge in [0, 0.05) is 11.1 Å². The van der Waals surface area contributed by atoms with E-state index < -0.39 is 11.9 Å². The number of hydrogen-bond donors (Lipinski definition) is 1. The molecule has 2 nitrogen and oxygen atoms in total. The topological polar surface area (TPSA) is 29.5 Å². The predicted octanol–water partition coefficient (Wildman–Crippen LogP) is 4.22. The molecule has 0 heterocycles. The molecule has 2 aromatic carbocycles. The molecule has 0 aromatic heterocycles. The predicted molar refractivity (Wildman–Crippen MR) is 73.5 cm³/mol. The lowest BCUT2D eigenvalue weighted by molar-refractivity contribution is 0.215. The van der Waals surface area contributed by atoms with Crippen LogP contribution in [-0.4, -0.2) is 12.2 Å². The molecule has 0 bridgehead atoms. The van der Waals surface area contributed by atoms with Crippen molar-refractivity contribution in [1.82, 2.24) is 0 Å². The van der Waals surface area contributed by atoms with E-state index in [-0.39, 0.29) is 10.6 Å². The molecule has 0 aliphatic rings. The fraction of sp³-hybridized carbons (Fsp3) is 0.143. The summed E-state index contributed by atoms with van der Waals surface area (Å²) in [5.41, 5.74) is 0.475. The highest BCUT2D eigenvalue weighted by Crippen LogP contribution is 2.33. The number of aliphatic hydroxyl groups is 1. The molecule has 0 radical (unpaired) electrons. The number of benzene rings is 2. The molecule has 0 saturated heterocycles. The Morgan fingerprint density at radius 1 is 1.11 bits per heavy atom. The van der Waals surface area contributed by atoms with E-state index in [0.717, 1.165) is 0 Å². The summed E-state index contributed by atoms with van der Waals surface area (Å²) in [7, 11) is 1.51. The van der Waals surface area contributed by atoms with Crippen molar-refractivity contribution in [3.05, 3.63) is 63.4 Å². The maximum atomic E-state index is 13.9. The molecule has 0 aliphatic carbocycles. The Hall–Kier alpha value is -1.29. The second-order valence-electron chi connectivity index (χ2n) is 3.93. The van der Waals surface area contributed by atoms with Crippen molar-refractivity contribution in [2.24, 2.45) is 0 Å². The van der Waals surface area contributed by atoms with Crippen LogP contribution < -0.4 is 4.74 Å². The Bertz CT molecular complexity index is 602. The summed E-state index contributed by atoms with van der Waals surface area (Å²) in [6, 6.07) is 9.25. The second kappa shape index (κ2) is 5.78. The minimum atomic E-state index is -1.18. The molecule has 0 amide bonds. The number of methoxy groups -OCH3 is 1. The van der Waals surface area contributed by atoms with Crippen molar-refractivity contribution in [3.8, 4) is 5.75 Å². The van der Waals surface area contributed by atoms with Crippen LogP contribution in [0.4, 0.5) is 4.39 Å². The summed E-state index contributed by atoms with van der Waals surface area (Å²) in [5, 5.41) is 10.5. The van der Waals surface area contributed by atoms with Gasteiger partial charge in [0.2, 0.25) is 0 Å². The molecule has 2 rings (SSSR count). The van der Waals surface area contributed by atoms with Crippen LogP contribution >= 0.6 is 23.2 Å². The van der Waals surface area contributed by atoms with Gasteiger partial charge >= 0.3 is 0 Å². The Morgan fingerprint density at radius 2 is 1.84 bits per heavy atom. The highest BCUT2D eigenvalue weighted by molar-refractivity contribution is 6.31. The highest BCUT2D eigenvalue weighted by Gasteiger charge is 2.19. The number of ether oxygens (including phenoxy) is 1. The number of halogens is 3. The maximum Gasteiger partial charge on any atom is 0.147 e. The van der Waals surface area contributed by atoms with Crippen LogP contribution in [0.1, 0.15) is 17.2 Å². The summed E-state index contributed by atoms with van der Waals surface area (Å²) in [4.78, 5) is 0. The van der Waals surface area contributed by atoms with Crippen molar-refractivity contribution in [2.45, 2.75) is 6.10 Å². The minimum Gasteiger partial charge on any atom is -0.497 e. The average Bonchev–Trinajstić information content (AvgIpc) is 2.41. The zero-order valence-electron chi connectivity index (χ0n) is 10.0. The Kier molecular flexibility index (Phi) is 4.30. The number of rotatable bonds is 3. The summed E-state index contributed by atoms with van der Waals surface area (Å²) in [5.74, 6) is -0.0870. The van der Waals surface area contributed by atoms with E-state index in [9.17, 15) is 9.50 Å². The first-order valence-electron chi connectivity index (χ1n) is 5.50. The molecule has 1 unspecified atom stereocenters. The Morgan fingerprint density at radius 3 is 2.47 bits per heavy atom. The van der Waals surface area contributed by atoms with E-state index in [0.29, 0.717) is 16.3 Å². The standard InChI is InChI=1S/C14H11Cl2FO2/c1-19-8-5-6-9(12(16)7-8)14(18)10-3-2-4-11(15)13(10)17/h2-7,14,18H,1H3. The molecular formula is C14H11Cl2FO2. The third-order valence-electron chi connectivity index (χ3n) is 2.78. The van der Waals surface area contributed by atoms with Crippen LogP contribution in [0.15, 0.2) is 36.4 Å². The van der Waals surface area contributed by atoms with Crippen LogP contribution in [0.3, 0.4) is 0 Å². The molecule has 0 spiro atoms. The lowest BCUT2D eigenvalue weighted by Crippen LogP contribution is -2.04. The summed E-state index contributed by atoms with van der Waals surface area (Å²) in [6.07, 6.45) is -1.18. The quantitative estimate of drug-likeness (QED) is 0.919. The monoisotopic (exact) mass is 300 g/mol. The van der Waals surface area contributed by atoms with E-state index in [1.165, 1.54) is 19.2 Å². The van der Waals surface area contributed by atoms with Crippen molar-refractivity contribution in [3.63, 3.8) is 0 Å². The fourth-order valence-corrected chi connectivity index (χ4v) is 2.21. The fourth-order valence-electron chi connectivity index (χ4n) is 1.76. The first-order chi connectivity index (χ1) is 9.04. The first kappa shape index (κ1) is 14.1. The normalized spacial score (nSPS) is 12.3. The lowest BCUT2D eigenvalue weighted by atomic mass is 10.0. The van der Waals surface area contributed by atoms with Crippen LogP contribution in [0.5, 0.6) is 5.75 Å². The van der Waals surface area contributed by atoms with Crippen LogP contribution in [-0.2, 0) is 0 Å². The minimum absolute atomic E-state index is 0.0406. The molecule has 0 aliphatic heterocycles. The first-order valence-corrected chi connectivity index (χ1v) is 6.25. The Balaban J connectivity index is 2.44. The Labute approximate surface area is 120 Å². The third-order valence-corrected chi connectivity index (χ3v) is 3.40. The molecule has 1 atom stereocenters. The zero-order chi connectivity index (χ0) is 14.0. The van der Waals surface area contributed by atoms with Gasteiger partial charge in [0.15, 0.2) is 0 Å². The van der Waals surface area contributed by atoms with E-state index in [4.69, 9.17) is 27.9 Å². The zero-order valence-corrected chi connectivity index (χ0v) is 11.5. The SMILES string of the molecule is COc1ccc(C(O)c2cccc(Cl)c2F)c(Cl)c1. The third kappa shape index (κ3) is 2.84. The molecule has 0 fully saturated rings. The summed E-state index contributed by atoms with van der Waals surface area (Å²) in [6.45, 7) is 0. The van der Waals surface area contributed by atoms with Gasteiger partial charge in [0.25, 0.3) is 0 Å². The smallest absolute Gasteiger partial charge is 0.147 e. The van der Waals surface area contributed by atoms with Gasteiger partial charge < -0.3 is 9.84 Å². The average molecular weight is 301 g/mol. The van der Waals surface area contributed by atoms with Gasteiger partial charge in [0.1, 0.15) is 17.7 Å². The van der Waals surface area contributed by atoms with Gasteiger partial charge in [-0.2, -0.15) is 0 Å². The second-order valence-corrected chi connectivity index (χ2v) is 4.75. The van der Waals surface area contributed by atoms with E-state index in [2.05, 4.69) is 0 Å². The van der Waals surface area contributed by atoms with Crippen molar-refractivity contribution >= 4 is 23.2 Å². The lowest BCUT2D eigenvalue weighted by Gasteiger charge is -2.15. The summed E-state index contributed by atoms with van der Waals surface area (Å²) < 4.78 is 18.9. The van der Waals surface area contributed by atoms with Gasteiger partial charge in [-0.15, -0.1) is 0 Å². The van der Waals surface area contributed by atoms with Crippen LogP contribution in [0, 0.1) is 5.82 Å². The molecule has 100 valence electrons. The molecule has 1 N–H and O–H groups in total. The van der Waals surface area contributed by atoms with E-state index in [1.807, 2.05) is 0 Å². The van der Waals surface area contributed by atoms with Gasteiger partial charge in [-0.1, -0.05) is 41.4 Å². The highest BCUT2D eigenvalue weighted by atomic mass is 35.5. The van der Waals surface area contributed by atoms with Crippen LogP contribution in [0.2, 0.25) is 10.0 Å². The van der Waals surface area contributed by atoms with Gasteiger partial charge in [0.05, 0.1) is 17.2 Å². The molecule has 5 heteroatoms. The van der Waals surface area contributed by atoms with E-state index in [1.54, 1.807) is 24.3 Å². The maximum absolute atomic E-state index is 13.9. The van der Waals surface area contributed by atoms with Gasteiger partial charge in [-0.05, 0) is 18.2 Å². The van der Waals surface area contributed by atoms with Crippen molar-refractivity contribution < 1.29 is 14.2 Å². The molecule has 0 saturated carbocycles. The molecular weight excluding hydrogens is 290 g/mol. The van der Waals surface area contributed by atoms with Crippen LogP contribution in [0.25, 0.3) is 0 Å². The number of hydrogen-bond acceptors (Lipinski definition) is 2. The van der Waals surface area contributed by atoms with E-state index >= 15 is 0 Å². The van der Waals surface area contributed by atoms with Gasteiger partial charge in [-0.25, -0.2) is 4.39 Å². The number of aliphatic hydroxyl groups excluding tert-OH is 1. The largest absolute Gasteiger partial charge is 0.497 e. The molecule has 19 heavy (non-hydrogen) atoms. The van der Waals surface area contributed by atoms with Crippen molar-refractivity contribution in [2.75, 3.05) is 7.11 Å². The summed E-state index contributed by atoms with van der Waals surface area (Å²) >= 11 is 11.7. The van der Waals surface area contributed by atoms with Gasteiger partial charge in [-0.3, -0.25) is 0 Å².